The molecule has 6 nitrogen and oxygen atoms in total. The summed E-state index contributed by atoms with van der Waals surface area (Å²) in [5.41, 5.74) is 6.29. The van der Waals surface area contributed by atoms with E-state index in [9.17, 15) is 4.79 Å². The van der Waals surface area contributed by atoms with Gasteiger partial charge in [0.05, 0.1) is 0 Å². The normalized spacial score (nSPS) is 15.4. The molecular formula is C13H15N5OS. The van der Waals surface area contributed by atoms with Gasteiger partial charge in [0.2, 0.25) is 5.13 Å². The predicted octanol–water partition coefficient (Wildman–Crippen LogP) is 1.41. The molecular weight excluding hydrogens is 274 g/mol. The van der Waals surface area contributed by atoms with Crippen LogP contribution in [0.2, 0.25) is 0 Å². The maximum absolute atomic E-state index is 11.1. The van der Waals surface area contributed by atoms with Crippen LogP contribution in [0.3, 0.4) is 0 Å². The average molecular weight is 289 g/mol. The van der Waals surface area contributed by atoms with Crippen LogP contribution in [-0.4, -0.2) is 46.5 Å². The lowest BCUT2D eigenvalue weighted by Gasteiger charge is -2.33. The second-order valence-corrected chi connectivity index (χ2v) is 5.31. The quantitative estimate of drug-likeness (QED) is 0.907. The second kappa shape index (κ2) is 5.46. The topological polar surface area (TPSA) is 75.4 Å². The van der Waals surface area contributed by atoms with Crippen molar-refractivity contribution in [3.8, 4) is 11.4 Å². The Morgan fingerprint density at radius 2 is 1.85 bits per heavy atom. The molecule has 1 aromatic heterocycles. The van der Waals surface area contributed by atoms with Crippen LogP contribution in [0.5, 0.6) is 0 Å². The Hall–Kier alpha value is -2.15. The first kappa shape index (κ1) is 12.9. The third kappa shape index (κ3) is 2.57. The molecule has 0 radical (unpaired) electrons. The molecule has 20 heavy (non-hydrogen) atoms. The van der Waals surface area contributed by atoms with Gasteiger partial charge in [-0.3, -0.25) is 0 Å². The number of benzene rings is 1. The second-order valence-electron chi connectivity index (χ2n) is 4.58. The van der Waals surface area contributed by atoms with Gasteiger partial charge in [0.1, 0.15) is 0 Å². The lowest BCUT2D eigenvalue weighted by atomic mass is 10.2. The smallest absolute Gasteiger partial charge is 0.314 e. The first-order chi connectivity index (χ1) is 9.74. The van der Waals surface area contributed by atoms with E-state index >= 15 is 0 Å². The highest BCUT2D eigenvalue weighted by Gasteiger charge is 2.21. The Balaban J connectivity index is 1.71. The van der Waals surface area contributed by atoms with E-state index in [0.717, 1.165) is 29.6 Å². The van der Waals surface area contributed by atoms with Crippen molar-refractivity contribution in [3.63, 3.8) is 0 Å². The maximum atomic E-state index is 11.1. The number of urea groups is 1. The molecule has 7 heteroatoms. The minimum absolute atomic E-state index is 0.355. The van der Waals surface area contributed by atoms with Gasteiger partial charge >= 0.3 is 6.03 Å². The number of aromatic nitrogens is 2. The third-order valence-corrected chi connectivity index (χ3v) is 4.09. The summed E-state index contributed by atoms with van der Waals surface area (Å²) in [6.07, 6.45) is 0. The Morgan fingerprint density at radius 3 is 2.50 bits per heavy atom. The van der Waals surface area contributed by atoms with Crippen molar-refractivity contribution in [2.45, 2.75) is 0 Å². The fourth-order valence-corrected chi connectivity index (χ4v) is 2.91. The molecule has 2 amide bonds. The Morgan fingerprint density at radius 1 is 1.15 bits per heavy atom. The molecule has 0 spiro atoms. The molecule has 2 heterocycles. The van der Waals surface area contributed by atoms with Crippen LogP contribution in [0.15, 0.2) is 30.3 Å². The molecule has 3 rings (SSSR count). The number of rotatable bonds is 2. The van der Waals surface area contributed by atoms with Crippen LogP contribution < -0.4 is 10.6 Å². The first-order valence-electron chi connectivity index (χ1n) is 6.42. The minimum Gasteiger partial charge on any atom is -0.351 e. The molecule has 104 valence electrons. The van der Waals surface area contributed by atoms with Gasteiger partial charge in [-0.05, 0) is 0 Å². The van der Waals surface area contributed by atoms with Crippen molar-refractivity contribution in [2.24, 2.45) is 5.73 Å². The fourth-order valence-electron chi connectivity index (χ4n) is 2.17. The molecule has 1 aromatic carbocycles. The number of anilines is 1. The average Bonchev–Trinajstić information content (AvgIpc) is 2.98. The van der Waals surface area contributed by atoms with Gasteiger partial charge in [-0.2, -0.15) is 9.36 Å². The zero-order valence-corrected chi connectivity index (χ0v) is 11.7. The van der Waals surface area contributed by atoms with Crippen LogP contribution in [0.1, 0.15) is 0 Å². The zero-order valence-electron chi connectivity index (χ0n) is 10.9. The molecule has 2 aromatic rings. The third-order valence-electron chi connectivity index (χ3n) is 3.31. The lowest BCUT2D eigenvalue weighted by Crippen LogP contribution is -2.50. The van der Waals surface area contributed by atoms with E-state index in [-0.39, 0.29) is 6.03 Å². The molecule has 0 atom stereocenters. The number of amides is 2. The highest BCUT2D eigenvalue weighted by Crippen LogP contribution is 2.24. The van der Waals surface area contributed by atoms with Crippen LogP contribution in [-0.2, 0) is 0 Å². The van der Waals surface area contributed by atoms with Crippen LogP contribution in [0, 0.1) is 0 Å². The van der Waals surface area contributed by atoms with Gasteiger partial charge in [-0.15, -0.1) is 0 Å². The van der Waals surface area contributed by atoms with E-state index in [4.69, 9.17) is 5.73 Å². The Kier molecular flexibility index (Phi) is 3.51. The molecule has 0 saturated carbocycles. The van der Waals surface area contributed by atoms with Crippen LogP contribution in [0.25, 0.3) is 11.4 Å². The highest BCUT2D eigenvalue weighted by atomic mass is 32.1. The van der Waals surface area contributed by atoms with Crippen molar-refractivity contribution < 1.29 is 4.79 Å². The van der Waals surface area contributed by atoms with E-state index in [1.54, 1.807) is 4.90 Å². The van der Waals surface area contributed by atoms with Crippen molar-refractivity contribution in [3.05, 3.63) is 30.3 Å². The van der Waals surface area contributed by atoms with Gasteiger partial charge in [0.15, 0.2) is 5.82 Å². The SMILES string of the molecule is NC(=O)N1CCN(c2nc(-c3ccccc3)ns2)CC1. The number of hydrogen-bond acceptors (Lipinski definition) is 5. The summed E-state index contributed by atoms with van der Waals surface area (Å²) in [7, 11) is 0. The van der Waals surface area contributed by atoms with E-state index in [1.807, 2.05) is 30.3 Å². The lowest BCUT2D eigenvalue weighted by molar-refractivity contribution is 0.204. The summed E-state index contributed by atoms with van der Waals surface area (Å²) in [4.78, 5) is 19.5. The van der Waals surface area contributed by atoms with E-state index in [1.165, 1.54) is 11.5 Å². The Bertz CT molecular complexity index is 592. The van der Waals surface area contributed by atoms with Crippen LogP contribution in [0.4, 0.5) is 9.93 Å². The van der Waals surface area contributed by atoms with Crippen molar-refractivity contribution >= 4 is 22.7 Å². The number of nitrogens with two attached hydrogens (primary N) is 1. The number of nitrogens with zero attached hydrogens (tertiary/aromatic N) is 4. The largest absolute Gasteiger partial charge is 0.351 e. The summed E-state index contributed by atoms with van der Waals surface area (Å²) in [6.45, 7) is 2.75. The minimum atomic E-state index is -0.355. The molecule has 0 aliphatic carbocycles. The summed E-state index contributed by atoms with van der Waals surface area (Å²) in [6, 6.07) is 9.56. The Labute approximate surface area is 121 Å². The van der Waals surface area contributed by atoms with Gasteiger partial charge in [-0.1, -0.05) is 30.3 Å². The highest BCUT2D eigenvalue weighted by molar-refractivity contribution is 7.09. The molecule has 1 fully saturated rings. The van der Waals surface area contributed by atoms with Crippen molar-refractivity contribution in [1.82, 2.24) is 14.3 Å². The van der Waals surface area contributed by atoms with Gasteiger partial charge < -0.3 is 15.5 Å². The molecule has 1 aliphatic rings. The molecule has 0 bridgehead atoms. The van der Waals surface area contributed by atoms with Gasteiger partial charge in [0.25, 0.3) is 0 Å². The van der Waals surface area contributed by atoms with E-state index < -0.39 is 0 Å². The van der Waals surface area contributed by atoms with Gasteiger partial charge in [-0.25, -0.2) is 4.79 Å². The summed E-state index contributed by atoms with van der Waals surface area (Å²) in [5, 5.41) is 0.896. The van der Waals surface area contributed by atoms with Gasteiger partial charge in [0, 0.05) is 43.3 Å². The number of carbonyl (C=O) groups is 1. The fraction of sp³-hybridized carbons (Fsp3) is 0.308. The molecule has 0 unspecified atom stereocenters. The van der Waals surface area contributed by atoms with E-state index in [2.05, 4.69) is 14.3 Å². The monoisotopic (exact) mass is 289 g/mol. The number of carbonyl (C=O) groups excluding carboxylic acids is 1. The molecule has 1 saturated heterocycles. The standard InChI is InChI=1S/C13H15N5OS/c14-12(19)17-6-8-18(9-7-17)13-15-11(16-20-13)10-4-2-1-3-5-10/h1-5H,6-9H2,(H2,14,19). The number of piperazine rings is 1. The summed E-state index contributed by atoms with van der Waals surface area (Å²) in [5.74, 6) is 0.753. The van der Waals surface area contributed by atoms with E-state index in [0.29, 0.717) is 13.1 Å². The van der Waals surface area contributed by atoms with Crippen molar-refractivity contribution in [1.29, 1.82) is 0 Å². The summed E-state index contributed by atoms with van der Waals surface area (Å²) >= 11 is 1.39. The maximum Gasteiger partial charge on any atom is 0.314 e. The number of hydrogen-bond donors (Lipinski definition) is 1. The zero-order chi connectivity index (χ0) is 13.9. The number of primary amides is 1. The molecule has 1 aliphatic heterocycles. The summed E-state index contributed by atoms with van der Waals surface area (Å²) < 4.78 is 4.40. The predicted molar refractivity (Wildman–Crippen MR) is 78.7 cm³/mol. The van der Waals surface area contributed by atoms with Crippen LogP contribution >= 0.6 is 11.5 Å². The molecule has 2 N–H and O–H groups in total. The van der Waals surface area contributed by atoms with Crippen molar-refractivity contribution in [2.75, 3.05) is 31.1 Å². The first-order valence-corrected chi connectivity index (χ1v) is 7.20.